The molecular weight excluding hydrogens is 240 g/mol. The van der Waals surface area contributed by atoms with Gasteiger partial charge >= 0.3 is 0 Å². The Bertz CT molecular complexity index is 655. The van der Waals surface area contributed by atoms with E-state index in [0.717, 1.165) is 30.0 Å². The molecule has 0 atom stereocenters. The molecule has 6 heteroatoms. The van der Waals surface area contributed by atoms with Crippen LogP contribution < -0.4 is 5.73 Å². The van der Waals surface area contributed by atoms with Crippen molar-refractivity contribution in [1.82, 2.24) is 24.5 Å². The number of imidazole rings is 2. The second kappa shape index (κ2) is 4.93. The van der Waals surface area contributed by atoms with Crippen LogP contribution in [0.1, 0.15) is 5.82 Å². The Balaban J connectivity index is 1.84. The van der Waals surface area contributed by atoms with Crippen LogP contribution in [0, 0.1) is 0 Å². The van der Waals surface area contributed by atoms with Crippen molar-refractivity contribution >= 4 is 5.69 Å². The van der Waals surface area contributed by atoms with Gasteiger partial charge in [-0.3, -0.25) is 4.98 Å². The van der Waals surface area contributed by atoms with Crippen LogP contribution in [-0.2, 0) is 13.0 Å². The largest absolute Gasteiger partial charge is 0.398 e. The Morgan fingerprint density at radius 1 is 1.21 bits per heavy atom. The normalized spacial score (nSPS) is 10.7. The first-order chi connectivity index (χ1) is 9.34. The third kappa shape index (κ3) is 2.33. The maximum atomic E-state index is 5.97. The summed E-state index contributed by atoms with van der Waals surface area (Å²) in [5.74, 6) is 0.957. The standard InChI is InChI=1S/C13H14N6/c14-11-1-3-15-7-10(11)12-8-16-9-19(12)6-2-13-17-4-5-18-13/h1,3-5,7-9H,2,6H2,(H2,14,15)(H,17,18). The van der Waals surface area contributed by atoms with Crippen LogP contribution >= 0.6 is 0 Å². The molecule has 3 aromatic heterocycles. The smallest absolute Gasteiger partial charge is 0.107 e. The average Bonchev–Trinajstić information content (AvgIpc) is 3.08. The van der Waals surface area contributed by atoms with Crippen molar-refractivity contribution in [1.29, 1.82) is 0 Å². The predicted molar refractivity (Wildman–Crippen MR) is 72.2 cm³/mol. The van der Waals surface area contributed by atoms with Gasteiger partial charge < -0.3 is 15.3 Å². The number of aryl methyl sites for hydroxylation is 2. The first-order valence-electron chi connectivity index (χ1n) is 6.03. The van der Waals surface area contributed by atoms with E-state index in [2.05, 4.69) is 24.5 Å². The molecule has 0 fully saturated rings. The lowest BCUT2D eigenvalue weighted by molar-refractivity contribution is 0.681. The number of rotatable bonds is 4. The lowest BCUT2D eigenvalue weighted by atomic mass is 10.2. The Morgan fingerprint density at radius 2 is 2.16 bits per heavy atom. The molecule has 19 heavy (non-hydrogen) atoms. The molecule has 3 N–H and O–H groups in total. The topological polar surface area (TPSA) is 85.4 Å². The van der Waals surface area contributed by atoms with Crippen molar-refractivity contribution in [2.45, 2.75) is 13.0 Å². The highest BCUT2D eigenvalue weighted by atomic mass is 15.1. The highest BCUT2D eigenvalue weighted by Gasteiger charge is 2.08. The van der Waals surface area contributed by atoms with E-state index in [9.17, 15) is 0 Å². The van der Waals surface area contributed by atoms with Gasteiger partial charge in [0.2, 0.25) is 0 Å². The molecule has 3 heterocycles. The molecular formula is C13H14N6. The fourth-order valence-corrected chi connectivity index (χ4v) is 2.00. The molecule has 3 rings (SSSR count). The number of H-pyrrole nitrogens is 1. The number of aromatic amines is 1. The van der Waals surface area contributed by atoms with Gasteiger partial charge in [0.05, 0.1) is 18.2 Å². The maximum Gasteiger partial charge on any atom is 0.107 e. The van der Waals surface area contributed by atoms with Gasteiger partial charge in [-0.1, -0.05) is 0 Å². The summed E-state index contributed by atoms with van der Waals surface area (Å²) < 4.78 is 2.05. The highest BCUT2D eigenvalue weighted by Crippen LogP contribution is 2.24. The summed E-state index contributed by atoms with van der Waals surface area (Å²) in [6, 6.07) is 1.79. The van der Waals surface area contributed by atoms with E-state index in [1.54, 1.807) is 37.2 Å². The Kier molecular flexibility index (Phi) is 2.97. The predicted octanol–water partition coefficient (Wildman–Crippen LogP) is 1.49. The zero-order chi connectivity index (χ0) is 13.1. The van der Waals surface area contributed by atoms with E-state index < -0.39 is 0 Å². The van der Waals surface area contributed by atoms with Gasteiger partial charge in [0.1, 0.15) is 5.82 Å². The lowest BCUT2D eigenvalue weighted by Crippen LogP contribution is -2.04. The minimum atomic E-state index is 0.703. The number of anilines is 1. The minimum absolute atomic E-state index is 0.703. The third-order valence-corrected chi connectivity index (χ3v) is 2.99. The number of nitrogens with one attached hydrogen (secondary N) is 1. The van der Waals surface area contributed by atoms with Crippen molar-refractivity contribution in [3.8, 4) is 11.3 Å². The first kappa shape index (κ1) is 11.5. The molecule has 0 bridgehead atoms. The Hall–Kier alpha value is -2.63. The van der Waals surface area contributed by atoms with Crippen LogP contribution in [0.4, 0.5) is 5.69 Å². The molecule has 0 saturated heterocycles. The minimum Gasteiger partial charge on any atom is -0.398 e. The summed E-state index contributed by atoms with van der Waals surface area (Å²) >= 11 is 0. The summed E-state index contributed by atoms with van der Waals surface area (Å²) in [5.41, 5.74) is 8.55. The van der Waals surface area contributed by atoms with Gasteiger partial charge in [-0.2, -0.15) is 0 Å². The molecule has 96 valence electrons. The average molecular weight is 254 g/mol. The lowest BCUT2D eigenvalue weighted by Gasteiger charge is -2.08. The third-order valence-electron chi connectivity index (χ3n) is 2.99. The summed E-state index contributed by atoms with van der Waals surface area (Å²) in [7, 11) is 0. The number of hydrogen-bond donors (Lipinski definition) is 2. The van der Waals surface area contributed by atoms with Crippen LogP contribution in [0.2, 0.25) is 0 Å². The van der Waals surface area contributed by atoms with Crippen molar-refractivity contribution in [2.75, 3.05) is 5.73 Å². The molecule has 0 amide bonds. The summed E-state index contributed by atoms with van der Waals surface area (Å²) in [4.78, 5) is 15.6. The van der Waals surface area contributed by atoms with E-state index in [0.29, 0.717) is 5.69 Å². The van der Waals surface area contributed by atoms with E-state index in [4.69, 9.17) is 5.73 Å². The quantitative estimate of drug-likeness (QED) is 0.738. The Labute approximate surface area is 110 Å². The summed E-state index contributed by atoms with van der Waals surface area (Å²) in [6.07, 6.45) is 11.4. The molecule has 0 aliphatic rings. The van der Waals surface area contributed by atoms with Crippen LogP contribution in [0.15, 0.2) is 43.4 Å². The van der Waals surface area contributed by atoms with Crippen LogP contribution in [0.3, 0.4) is 0 Å². The summed E-state index contributed by atoms with van der Waals surface area (Å²) in [5, 5.41) is 0. The van der Waals surface area contributed by atoms with E-state index >= 15 is 0 Å². The zero-order valence-corrected chi connectivity index (χ0v) is 10.3. The van der Waals surface area contributed by atoms with Gasteiger partial charge in [0.25, 0.3) is 0 Å². The molecule has 3 aromatic rings. The van der Waals surface area contributed by atoms with Gasteiger partial charge in [0, 0.05) is 49.0 Å². The van der Waals surface area contributed by atoms with Crippen molar-refractivity contribution in [3.63, 3.8) is 0 Å². The van der Waals surface area contributed by atoms with E-state index in [-0.39, 0.29) is 0 Å². The highest BCUT2D eigenvalue weighted by molar-refractivity contribution is 5.72. The number of pyridine rings is 1. The fraction of sp³-hybridized carbons (Fsp3) is 0.154. The SMILES string of the molecule is Nc1ccncc1-c1cncn1CCc1ncc[nH]1. The van der Waals surface area contributed by atoms with Crippen molar-refractivity contribution < 1.29 is 0 Å². The zero-order valence-electron chi connectivity index (χ0n) is 10.3. The first-order valence-corrected chi connectivity index (χ1v) is 6.03. The van der Waals surface area contributed by atoms with E-state index in [1.165, 1.54) is 0 Å². The summed E-state index contributed by atoms with van der Waals surface area (Å²) in [6.45, 7) is 0.789. The molecule has 0 aliphatic carbocycles. The van der Waals surface area contributed by atoms with Gasteiger partial charge in [-0.25, -0.2) is 9.97 Å². The number of nitrogens with two attached hydrogens (primary N) is 1. The second-order valence-electron chi connectivity index (χ2n) is 4.22. The Morgan fingerprint density at radius 3 is 2.95 bits per heavy atom. The van der Waals surface area contributed by atoms with Gasteiger partial charge in [0.15, 0.2) is 0 Å². The molecule has 0 aromatic carbocycles. The number of hydrogen-bond acceptors (Lipinski definition) is 4. The molecule has 0 spiro atoms. The van der Waals surface area contributed by atoms with Crippen molar-refractivity contribution in [3.05, 3.63) is 49.2 Å². The molecule has 0 aliphatic heterocycles. The van der Waals surface area contributed by atoms with Crippen molar-refractivity contribution in [2.24, 2.45) is 0 Å². The molecule has 0 saturated carbocycles. The maximum absolute atomic E-state index is 5.97. The van der Waals surface area contributed by atoms with Crippen LogP contribution in [0.5, 0.6) is 0 Å². The number of nitrogen functional groups attached to an aromatic ring is 1. The number of nitrogens with zero attached hydrogens (tertiary/aromatic N) is 4. The fourth-order valence-electron chi connectivity index (χ4n) is 2.00. The molecule has 0 radical (unpaired) electrons. The molecule has 6 nitrogen and oxygen atoms in total. The molecule has 0 unspecified atom stereocenters. The monoisotopic (exact) mass is 254 g/mol. The second-order valence-corrected chi connectivity index (χ2v) is 4.22. The van der Waals surface area contributed by atoms with Crippen LogP contribution in [0.25, 0.3) is 11.3 Å². The van der Waals surface area contributed by atoms with Gasteiger partial charge in [-0.05, 0) is 6.07 Å². The number of aromatic nitrogens is 5. The van der Waals surface area contributed by atoms with Crippen LogP contribution in [-0.4, -0.2) is 24.5 Å². The van der Waals surface area contributed by atoms with Gasteiger partial charge in [-0.15, -0.1) is 0 Å². The van der Waals surface area contributed by atoms with E-state index in [1.807, 2.05) is 6.20 Å².